The summed E-state index contributed by atoms with van der Waals surface area (Å²) in [6, 6.07) is 0. The zero-order chi connectivity index (χ0) is 4.28. The van der Waals surface area contributed by atoms with Crippen molar-refractivity contribution in [3.05, 3.63) is 0 Å². The zero-order valence-electron chi connectivity index (χ0n) is 3.24. The lowest BCUT2D eigenvalue weighted by Gasteiger charge is -1.86. The molecule has 0 amide bonds. The molecule has 1 atom stereocenters. The molecule has 0 aliphatic rings. The fraction of sp³-hybridized carbons (Fsp3) is 1.00. The molecule has 2 heteroatoms. The van der Waals surface area contributed by atoms with Crippen LogP contribution in [0.25, 0.3) is 0 Å². The molecule has 0 radical (unpaired) electrons. The van der Waals surface area contributed by atoms with E-state index in [-0.39, 0.29) is 6.54 Å². The molecule has 32 valence electrons. The molecule has 0 bridgehead atoms. The number of nitrogens with two attached hydrogens (primary N) is 1. The van der Waals surface area contributed by atoms with E-state index in [0.717, 1.165) is 0 Å². The van der Waals surface area contributed by atoms with Crippen LogP contribution in [0.2, 0.25) is 0 Å². The largest absolute Gasteiger partial charge is 0.328 e. The summed E-state index contributed by atoms with van der Waals surface area (Å²) in [4.78, 5) is 0. The van der Waals surface area contributed by atoms with E-state index in [1.54, 1.807) is 0 Å². The lowest BCUT2D eigenvalue weighted by Crippen LogP contribution is -2.09. The van der Waals surface area contributed by atoms with Crippen LogP contribution >= 0.6 is 0 Å². The average molecular weight is 77.1 g/mol. The second-order valence-electron chi connectivity index (χ2n) is 1.02. The van der Waals surface area contributed by atoms with Gasteiger partial charge < -0.3 is 5.73 Å². The molecule has 0 unspecified atom stereocenters. The van der Waals surface area contributed by atoms with Gasteiger partial charge in [-0.15, -0.1) is 0 Å². The third-order valence-electron chi connectivity index (χ3n) is 0.325. The van der Waals surface area contributed by atoms with Crippen LogP contribution in [0.1, 0.15) is 6.92 Å². The topological polar surface area (TPSA) is 26.0 Å². The summed E-state index contributed by atoms with van der Waals surface area (Å²) in [7, 11) is 0. The highest BCUT2D eigenvalue weighted by Crippen LogP contribution is 1.77. The predicted octanol–water partition coefficient (Wildman–Crippen LogP) is 0.303. The quantitative estimate of drug-likeness (QED) is 0.478. The zero-order valence-corrected chi connectivity index (χ0v) is 3.24. The van der Waals surface area contributed by atoms with Crippen molar-refractivity contribution >= 4 is 0 Å². The normalized spacial score (nSPS) is 15.0. The first-order valence-electron chi connectivity index (χ1n) is 1.61. The number of hydrogen-bond acceptors (Lipinski definition) is 1. The van der Waals surface area contributed by atoms with Crippen molar-refractivity contribution in [3.63, 3.8) is 0 Å². The molecular formula is C3H8FN. The van der Waals surface area contributed by atoms with Gasteiger partial charge in [-0.1, -0.05) is 0 Å². The summed E-state index contributed by atoms with van der Waals surface area (Å²) < 4.78 is 11.3. The van der Waals surface area contributed by atoms with Crippen LogP contribution in [0.3, 0.4) is 0 Å². The molecule has 2 N–H and O–H groups in total. The first kappa shape index (κ1) is 4.89. The first-order valence-corrected chi connectivity index (χ1v) is 1.61. The van der Waals surface area contributed by atoms with E-state index in [9.17, 15) is 4.39 Å². The van der Waals surface area contributed by atoms with E-state index in [2.05, 4.69) is 0 Å². The Morgan fingerprint density at radius 3 is 2.20 bits per heavy atom. The van der Waals surface area contributed by atoms with Crippen molar-refractivity contribution < 1.29 is 4.39 Å². The van der Waals surface area contributed by atoms with Crippen LogP contribution in [0.5, 0.6) is 0 Å². The molecule has 5 heavy (non-hydrogen) atoms. The molecule has 0 rings (SSSR count). The lowest BCUT2D eigenvalue weighted by molar-refractivity contribution is 0.370. The van der Waals surface area contributed by atoms with Crippen LogP contribution in [-0.2, 0) is 0 Å². The molecule has 0 aromatic rings. The van der Waals surface area contributed by atoms with E-state index < -0.39 is 6.17 Å². The third-order valence-corrected chi connectivity index (χ3v) is 0.325. The molecule has 0 aromatic heterocycles. The Bertz CT molecular complexity index is 20.9. The minimum atomic E-state index is -0.838. The Balaban J connectivity index is 2.54. The second-order valence-corrected chi connectivity index (χ2v) is 1.02. The maximum atomic E-state index is 11.3. The van der Waals surface area contributed by atoms with Gasteiger partial charge >= 0.3 is 0 Å². The molecule has 0 heterocycles. The second kappa shape index (κ2) is 2.15. The van der Waals surface area contributed by atoms with Gasteiger partial charge in [-0.05, 0) is 6.92 Å². The fourth-order valence-electron chi connectivity index (χ4n) is 0. The Hall–Kier alpha value is -0.110. The molecule has 0 spiro atoms. The highest BCUT2D eigenvalue weighted by molar-refractivity contribution is 4.41. The van der Waals surface area contributed by atoms with Crippen LogP contribution in [-0.4, -0.2) is 12.7 Å². The summed E-state index contributed by atoms with van der Waals surface area (Å²) in [5.74, 6) is 0. The van der Waals surface area contributed by atoms with E-state index in [1.807, 2.05) is 0 Å². The maximum Gasteiger partial charge on any atom is 0.109 e. The van der Waals surface area contributed by atoms with Crippen LogP contribution < -0.4 is 5.73 Å². The highest BCUT2D eigenvalue weighted by atomic mass is 19.1. The van der Waals surface area contributed by atoms with E-state index in [1.165, 1.54) is 6.92 Å². The van der Waals surface area contributed by atoms with Gasteiger partial charge in [-0.2, -0.15) is 0 Å². The minimum Gasteiger partial charge on any atom is -0.328 e. The molecule has 0 saturated carbocycles. The molecular weight excluding hydrogens is 69.0 g/mol. The van der Waals surface area contributed by atoms with Crippen LogP contribution in [0.4, 0.5) is 4.39 Å². The molecule has 0 aliphatic heterocycles. The molecule has 0 aromatic carbocycles. The van der Waals surface area contributed by atoms with Crippen molar-refractivity contribution in [3.8, 4) is 0 Å². The SMILES string of the molecule is C[C@H](F)CN. The van der Waals surface area contributed by atoms with Crippen molar-refractivity contribution in [2.45, 2.75) is 13.1 Å². The summed E-state index contributed by atoms with van der Waals surface area (Å²) in [5, 5.41) is 0. The Kier molecular flexibility index (Phi) is 2.10. The summed E-state index contributed by atoms with van der Waals surface area (Å²) in [6.45, 7) is 1.57. The van der Waals surface area contributed by atoms with E-state index in [0.29, 0.717) is 0 Å². The first-order chi connectivity index (χ1) is 2.27. The fourth-order valence-corrected chi connectivity index (χ4v) is 0. The lowest BCUT2D eigenvalue weighted by atomic mass is 10.5. The van der Waals surface area contributed by atoms with Crippen molar-refractivity contribution in [2.24, 2.45) is 5.73 Å². The van der Waals surface area contributed by atoms with Gasteiger partial charge in [0, 0.05) is 6.54 Å². The standard InChI is InChI=1S/C3H8FN/c1-3(4)2-5/h3H,2,5H2,1H3/t3-/m0/s1. The van der Waals surface area contributed by atoms with Crippen molar-refractivity contribution in [2.75, 3.05) is 6.54 Å². The van der Waals surface area contributed by atoms with Gasteiger partial charge in [-0.3, -0.25) is 0 Å². The average Bonchev–Trinajstić information content (AvgIpc) is 1.38. The summed E-state index contributed by atoms with van der Waals surface area (Å²) in [6.07, 6.45) is -0.838. The van der Waals surface area contributed by atoms with Gasteiger partial charge in [0.2, 0.25) is 0 Å². The Morgan fingerprint density at radius 2 is 2.20 bits per heavy atom. The number of alkyl halides is 1. The Morgan fingerprint density at radius 1 is 2.00 bits per heavy atom. The van der Waals surface area contributed by atoms with Gasteiger partial charge in [0.25, 0.3) is 0 Å². The maximum absolute atomic E-state index is 11.3. The van der Waals surface area contributed by atoms with Crippen molar-refractivity contribution in [1.29, 1.82) is 0 Å². The smallest absolute Gasteiger partial charge is 0.109 e. The third kappa shape index (κ3) is 3.89. The summed E-state index contributed by atoms with van der Waals surface area (Å²) in [5.41, 5.74) is 4.80. The number of halogens is 1. The van der Waals surface area contributed by atoms with Gasteiger partial charge in [0.1, 0.15) is 6.17 Å². The monoisotopic (exact) mass is 77.1 g/mol. The number of hydrogen-bond donors (Lipinski definition) is 1. The number of rotatable bonds is 1. The van der Waals surface area contributed by atoms with Crippen molar-refractivity contribution in [1.82, 2.24) is 0 Å². The van der Waals surface area contributed by atoms with Crippen LogP contribution in [0, 0.1) is 0 Å². The molecule has 0 fully saturated rings. The minimum absolute atomic E-state index is 0.139. The molecule has 0 saturated heterocycles. The van der Waals surface area contributed by atoms with E-state index in [4.69, 9.17) is 5.73 Å². The molecule has 0 aliphatic carbocycles. The predicted molar refractivity (Wildman–Crippen MR) is 19.6 cm³/mol. The van der Waals surface area contributed by atoms with Gasteiger partial charge in [-0.25, -0.2) is 4.39 Å². The Labute approximate surface area is 31.0 Å². The summed E-state index contributed by atoms with van der Waals surface area (Å²) >= 11 is 0. The van der Waals surface area contributed by atoms with Gasteiger partial charge in [0.15, 0.2) is 0 Å². The van der Waals surface area contributed by atoms with E-state index >= 15 is 0 Å². The van der Waals surface area contributed by atoms with Gasteiger partial charge in [0.05, 0.1) is 0 Å². The highest BCUT2D eigenvalue weighted by Gasteiger charge is 1.85. The molecule has 1 nitrogen and oxygen atoms in total. The van der Waals surface area contributed by atoms with Crippen LogP contribution in [0.15, 0.2) is 0 Å².